The van der Waals surface area contributed by atoms with Crippen molar-refractivity contribution in [3.8, 4) is 11.5 Å². The van der Waals surface area contributed by atoms with Gasteiger partial charge in [0.1, 0.15) is 11.5 Å². The van der Waals surface area contributed by atoms with Crippen molar-refractivity contribution in [3.63, 3.8) is 0 Å². The molecule has 0 unspecified atom stereocenters. The minimum absolute atomic E-state index is 0.0210. The van der Waals surface area contributed by atoms with Gasteiger partial charge in [-0.05, 0) is 45.9 Å². The van der Waals surface area contributed by atoms with Crippen molar-refractivity contribution < 1.29 is 4.39 Å². The lowest BCUT2D eigenvalue weighted by atomic mass is 10.1. The third-order valence-electron chi connectivity index (χ3n) is 2.66. The Morgan fingerprint density at radius 2 is 1.95 bits per heavy atom. The molecule has 0 fully saturated rings. The molecule has 0 saturated heterocycles. The van der Waals surface area contributed by atoms with E-state index in [1.54, 1.807) is 6.07 Å². The second-order valence-corrected chi connectivity index (χ2v) is 5.79. The third kappa shape index (κ3) is 4.06. The average molecular weight is 274 g/mol. The van der Waals surface area contributed by atoms with E-state index in [4.69, 9.17) is 0 Å². The highest BCUT2D eigenvalue weighted by molar-refractivity contribution is 5.48. The van der Waals surface area contributed by atoms with Crippen LogP contribution < -0.4 is 5.32 Å². The second kappa shape index (κ2) is 5.63. The Bertz CT molecular complexity index is 588. The summed E-state index contributed by atoms with van der Waals surface area (Å²) in [5, 5.41) is 3.38. The Morgan fingerprint density at radius 1 is 1.20 bits per heavy atom. The van der Waals surface area contributed by atoms with Gasteiger partial charge in [-0.25, -0.2) is 19.3 Å². The van der Waals surface area contributed by atoms with Gasteiger partial charge in [-0.2, -0.15) is 0 Å². The van der Waals surface area contributed by atoms with Gasteiger partial charge in [0.2, 0.25) is 0 Å². The van der Waals surface area contributed by atoms with Crippen LogP contribution >= 0.6 is 0 Å². The van der Waals surface area contributed by atoms with E-state index in [1.165, 1.54) is 12.3 Å². The number of rotatable bonds is 3. The summed E-state index contributed by atoms with van der Waals surface area (Å²) in [7, 11) is 0. The summed E-state index contributed by atoms with van der Waals surface area (Å²) >= 11 is 0. The topological polar surface area (TPSA) is 50.7 Å². The Balaban J connectivity index is 2.26. The number of aromatic nitrogens is 3. The lowest BCUT2D eigenvalue weighted by Gasteiger charge is -2.20. The zero-order chi connectivity index (χ0) is 14.8. The molecule has 2 rings (SSSR count). The van der Waals surface area contributed by atoms with Crippen LogP contribution in [0.3, 0.4) is 0 Å². The maximum Gasteiger partial charge on any atom is 0.178 e. The minimum atomic E-state index is -0.365. The second-order valence-electron chi connectivity index (χ2n) is 5.79. The number of halogens is 1. The van der Waals surface area contributed by atoms with Crippen LogP contribution in [0.25, 0.3) is 11.5 Å². The smallest absolute Gasteiger partial charge is 0.178 e. The third-order valence-corrected chi connectivity index (χ3v) is 2.66. The molecule has 106 valence electrons. The standard InChI is InChI=1S/C15H19FN4/c1-10-7-12(9-18-15(2,3)4)20-14(19-10)13-6-5-11(16)8-17-13/h5-8,18H,9H2,1-4H3. The van der Waals surface area contributed by atoms with Crippen LogP contribution in [0.5, 0.6) is 0 Å². The van der Waals surface area contributed by atoms with Gasteiger partial charge in [0, 0.05) is 17.8 Å². The maximum atomic E-state index is 12.9. The molecule has 0 aromatic carbocycles. The molecule has 0 aliphatic carbocycles. The van der Waals surface area contributed by atoms with Crippen LogP contribution in [-0.2, 0) is 6.54 Å². The van der Waals surface area contributed by atoms with Gasteiger partial charge in [0.15, 0.2) is 5.82 Å². The Hall–Kier alpha value is -1.88. The first-order valence-corrected chi connectivity index (χ1v) is 6.55. The highest BCUT2D eigenvalue weighted by atomic mass is 19.1. The lowest BCUT2D eigenvalue weighted by molar-refractivity contribution is 0.421. The van der Waals surface area contributed by atoms with Crippen LogP contribution in [0.1, 0.15) is 32.2 Å². The zero-order valence-corrected chi connectivity index (χ0v) is 12.2. The normalized spacial score (nSPS) is 11.7. The molecule has 2 aromatic heterocycles. The number of pyridine rings is 1. The summed E-state index contributed by atoms with van der Waals surface area (Å²) in [5.41, 5.74) is 2.36. The molecule has 0 saturated carbocycles. The van der Waals surface area contributed by atoms with Crippen molar-refractivity contribution >= 4 is 0 Å². The van der Waals surface area contributed by atoms with Crippen molar-refractivity contribution in [2.24, 2.45) is 0 Å². The van der Waals surface area contributed by atoms with Crippen molar-refractivity contribution in [1.82, 2.24) is 20.3 Å². The van der Waals surface area contributed by atoms with E-state index < -0.39 is 0 Å². The zero-order valence-electron chi connectivity index (χ0n) is 12.2. The van der Waals surface area contributed by atoms with Crippen LogP contribution in [0.2, 0.25) is 0 Å². The SMILES string of the molecule is Cc1cc(CNC(C)(C)C)nc(-c2ccc(F)cn2)n1. The summed E-state index contributed by atoms with van der Waals surface area (Å²) in [6.07, 6.45) is 1.17. The van der Waals surface area contributed by atoms with Crippen LogP contribution in [0.15, 0.2) is 24.4 Å². The number of nitrogens with one attached hydrogen (secondary N) is 1. The number of aryl methyl sites for hydroxylation is 1. The number of nitrogens with zero attached hydrogens (tertiary/aromatic N) is 3. The summed E-state index contributed by atoms with van der Waals surface area (Å²) in [5.74, 6) is 0.159. The van der Waals surface area contributed by atoms with Gasteiger partial charge in [0.05, 0.1) is 11.9 Å². The van der Waals surface area contributed by atoms with Crippen LogP contribution in [0, 0.1) is 12.7 Å². The van der Waals surface area contributed by atoms with Gasteiger partial charge >= 0.3 is 0 Å². The van der Waals surface area contributed by atoms with Gasteiger partial charge in [-0.1, -0.05) is 0 Å². The predicted octanol–water partition coefficient (Wildman–Crippen LogP) is 2.87. The van der Waals surface area contributed by atoms with Crippen molar-refractivity contribution in [2.45, 2.75) is 39.8 Å². The molecule has 0 atom stereocenters. The molecular weight excluding hydrogens is 255 g/mol. The predicted molar refractivity (Wildman–Crippen MR) is 76.6 cm³/mol. The van der Waals surface area contributed by atoms with Gasteiger partial charge in [-0.15, -0.1) is 0 Å². The van der Waals surface area contributed by atoms with E-state index in [0.717, 1.165) is 11.4 Å². The lowest BCUT2D eigenvalue weighted by Crippen LogP contribution is -2.35. The molecule has 1 N–H and O–H groups in total. The molecule has 0 aliphatic heterocycles. The summed E-state index contributed by atoms with van der Waals surface area (Å²) in [6.45, 7) is 8.87. The van der Waals surface area contributed by atoms with E-state index in [1.807, 2.05) is 13.0 Å². The first-order chi connectivity index (χ1) is 9.33. The molecule has 0 amide bonds. The monoisotopic (exact) mass is 274 g/mol. The fourth-order valence-corrected chi connectivity index (χ4v) is 1.70. The molecule has 2 heterocycles. The van der Waals surface area contributed by atoms with E-state index in [9.17, 15) is 4.39 Å². The molecule has 20 heavy (non-hydrogen) atoms. The van der Waals surface area contributed by atoms with Crippen LogP contribution in [0.4, 0.5) is 4.39 Å². The van der Waals surface area contributed by atoms with Crippen LogP contribution in [-0.4, -0.2) is 20.5 Å². The molecule has 0 spiro atoms. The molecule has 0 aliphatic rings. The van der Waals surface area contributed by atoms with Gasteiger partial charge in [-0.3, -0.25) is 0 Å². The van der Waals surface area contributed by atoms with E-state index >= 15 is 0 Å². The molecular formula is C15H19FN4. The number of hydrogen-bond donors (Lipinski definition) is 1. The molecule has 2 aromatic rings. The highest BCUT2D eigenvalue weighted by Gasteiger charge is 2.11. The molecule has 5 heteroatoms. The average Bonchev–Trinajstić information content (AvgIpc) is 2.36. The van der Waals surface area contributed by atoms with Crippen molar-refractivity contribution in [2.75, 3.05) is 0 Å². The molecule has 4 nitrogen and oxygen atoms in total. The summed E-state index contributed by atoms with van der Waals surface area (Å²) in [6, 6.07) is 4.89. The minimum Gasteiger partial charge on any atom is -0.306 e. The van der Waals surface area contributed by atoms with E-state index in [2.05, 4.69) is 41.0 Å². The Labute approximate surface area is 118 Å². The highest BCUT2D eigenvalue weighted by Crippen LogP contribution is 2.14. The van der Waals surface area contributed by atoms with E-state index in [-0.39, 0.29) is 11.4 Å². The molecule has 0 bridgehead atoms. The number of hydrogen-bond acceptors (Lipinski definition) is 4. The fourth-order valence-electron chi connectivity index (χ4n) is 1.70. The Morgan fingerprint density at radius 3 is 2.55 bits per heavy atom. The summed E-state index contributed by atoms with van der Waals surface area (Å²) < 4.78 is 12.9. The fraction of sp³-hybridized carbons (Fsp3) is 0.400. The first-order valence-electron chi connectivity index (χ1n) is 6.55. The van der Waals surface area contributed by atoms with E-state index in [0.29, 0.717) is 18.1 Å². The van der Waals surface area contributed by atoms with Crippen molar-refractivity contribution in [3.05, 3.63) is 41.6 Å². The maximum absolute atomic E-state index is 12.9. The Kier molecular flexibility index (Phi) is 4.09. The van der Waals surface area contributed by atoms with Crippen molar-refractivity contribution in [1.29, 1.82) is 0 Å². The molecule has 0 radical (unpaired) electrons. The quantitative estimate of drug-likeness (QED) is 0.935. The largest absolute Gasteiger partial charge is 0.306 e. The van der Waals surface area contributed by atoms with Gasteiger partial charge < -0.3 is 5.32 Å². The van der Waals surface area contributed by atoms with Gasteiger partial charge in [0.25, 0.3) is 0 Å². The first kappa shape index (κ1) is 14.5. The summed E-state index contributed by atoms with van der Waals surface area (Å²) in [4.78, 5) is 12.9.